The molecule has 1 heterocycles. The summed E-state index contributed by atoms with van der Waals surface area (Å²) in [7, 11) is 0. The molecule has 0 saturated carbocycles. The van der Waals surface area contributed by atoms with Crippen LogP contribution in [-0.2, 0) is 11.2 Å². The van der Waals surface area contributed by atoms with E-state index >= 15 is 0 Å². The lowest BCUT2D eigenvalue weighted by Gasteiger charge is -2.04. The Bertz CT molecular complexity index is 578. The highest BCUT2D eigenvalue weighted by atomic mass is 79.9. The van der Waals surface area contributed by atoms with Crippen molar-refractivity contribution < 1.29 is 4.79 Å². The van der Waals surface area contributed by atoms with E-state index in [4.69, 9.17) is 0 Å². The summed E-state index contributed by atoms with van der Waals surface area (Å²) in [5.41, 5.74) is 1.93. The van der Waals surface area contributed by atoms with Crippen molar-refractivity contribution in [2.45, 2.75) is 32.6 Å². The summed E-state index contributed by atoms with van der Waals surface area (Å²) in [5, 5.41) is 5.99. The largest absolute Gasteiger partial charge is 0.326 e. The monoisotopic (exact) mass is 352 g/mol. The number of anilines is 1. The maximum absolute atomic E-state index is 11.9. The molecule has 0 aliphatic rings. The molecule has 1 aromatic heterocycles. The van der Waals surface area contributed by atoms with Gasteiger partial charge in [0, 0.05) is 28.4 Å². The van der Waals surface area contributed by atoms with E-state index in [9.17, 15) is 4.79 Å². The molecule has 0 radical (unpaired) electrons. The first-order valence-electron chi connectivity index (χ1n) is 6.54. The SMILES string of the molecule is CC(C)c1csc(CCC(=O)Nc2ccc(Br)cc2)n1. The zero-order valence-corrected chi connectivity index (χ0v) is 13.9. The molecule has 2 rings (SSSR count). The van der Waals surface area contributed by atoms with Crippen LogP contribution in [0.2, 0.25) is 0 Å². The smallest absolute Gasteiger partial charge is 0.224 e. The first-order chi connectivity index (χ1) is 9.54. The Morgan fingerprint density at radius 1 is 1.35 bits per heavy atom. The molecule has 0 saturated heterocycles. The quantitative estimate of drug-likeness (QED) is 0.854. The van der Waals surface area contributed by atoms with Crippen LogP contribution in [0.25, 0.3) is 0 Å². The number of benzene rings is 1. The molecule has 5 heteroatoms. The lowest BCUT2D eigenvalue weighted by atomic mass is 10.2. The molecule has 0 atom stereocenters. The molecule has 1 aromatic carbocycles. The number of aryl methyl sites for hydroxylation is 1. The number of aromatic nitrogens is 1. The van der Waals surface area contributed by atoms with E-state index < -0.39 is 0 Å². The Morgan fingerprint density at radius 3 is 2.65 bits per heavy atom. The van der Waals surface area contributed by atoms with Gasteiger partial charge in [0.2, 0.25) is 5.91 Å². The predicted molar refractivity (Wildman–Crippen MR) is 87.3 cm³/mol. The number of nitrogens with zero attached hydrogens (tertiary/aromatic N) is 1. The van der Waals surface area contributed by atoms with E-state index in [0.29, 0.717) is 18.8 Å². The molecule has 0 aliphatic heterocycles. The number of halogens is 1. The normalized spacial score (nSPS) is 10.8. The molecule has 0 aliphatic carbocycles. The number of rotatable bonds is 5. The highest BCUT2D eigenvalue weighted by molar-refractivity contribution is 9.10. The molecular formula is C15H17BrN2OS. The molecule has 106 valence electrons. The number of nitrogens with one attached hydrogen (secondary N) is 1. The Kier molecular flexibility index (Phi) is 5.31. The van der Waals surface area contributed by atoms with Gasteiger partial charge in [-0.05, 0) is 30.2 Å². The Labute approximate surface area is 131 Å². The Morgan fingerprint density at radius 2 is 2.05 bits per heavy atom. The van der Waals surface area contributed by atoms with Crippen LogP contribution in [0.4, 0.5) is 5.69 Å². The van der Waals surface area contributed by atoms with Crippen LogP contribution in [0.1, 0.15) is 36.9 Å². The van der Waals surface area contributed by atoms with Crippen molar-refractivity contribution in [2.75, 3.05) is 5.32 Å². The number of hydrogen-bond acceptors (Lipinski definition) is 3. The first-order valence-corrected chi connectivity index (χ1v) is 8.21. The van der Waals surface area contributed by atoms with Gasteiger partial charge in [0.15, 0.2) is 0 Å². The van der Waals surface area contributed by atoms with Crippen LogP contribution in [0.3, 0.4) is 0 Å². The number of amides is 1. The number of carbonyl (C=O) groups is 1. The van der Waals surface area contributed by atoms with Gasteiger partial charge in [-0.15, -0.1) is 11.3 Å². The zero-order valence-electron chi connectivity index (χ0n) is 11.5. The fourth-order valence-corrected chi connectivity index (χ4v) is 2.91. The van der Waals surface area contributed by atoms with Gasteiger partial charge in [0.1, 0.15) is 0 Å². The predicted octanol–water partition coefficient (Wildman–Crippen LogP) is 4.60. The van der Waals surface area contributed by atoms with Crippen LogP contribution in [0.5, 0.6) is 0 Å². The molecule has 0 fully saturated rings. The number of hydrogen-bond donors (Lipinski definition) is 1. The molecule has 20 heavy (non-hydrogen) atoms. The summed E-state index contributed by atoms with van der Waals surface area (Å²) < 4.78 is 1.000. The molecule has 0 spiro atoms. The van der Waals surface area contributed by atoms with Crippen molar-refractivity contribution in [3.05, 3.63) is 44.8 Å². The van der Waals surface area contributed by atoms with Crippen LogP contribution in [0.15, 0.2) is 34.1 Å². The van der Waals surface area contributed by atoms with Crippen LogP contribution in [-0.4, -0.2) is 10.9 Å². The highest BCUT2D eigenvalue weighted by Gasteiger charge is 2.08. The molecule has 0 bridgehead atoms. The lowest BCUT2D eigenvalue weighted by Crippen LogP contribution is -2.12. The minimum atomic E-state index is 0.0219. The van der Waals surface area contributed by atoms with Crippen molar-refractivity contribution >= 4 is 38.9 Å². The molecule has 2 aromatic rings. The first kappa shape index (κ1) is 15.2. The van der Waals surface area contributed by atoms with Gasteiger partial charge in [-0.2, -0.15) is 0 Å². The minimum absolute atomic E-state index is 0.0219. The second-order valence-corrected chi connectivity index (χ2v) is 6.73. The third kappa shape index (κ3) is 4.42. The maximum atomic E-state index is 11.9. The molecule has 0 unspecified atom stereocenters. The topological polar surface area (TPSA) is 42.0 Å². The molecule has 1 amide bonds. The molecule has 1 N–H and O–H groups in total. The van der Waals surface area contributed by atoms with E-state index in [1.54, 1.807) is 11.3 Å². The fraction of sp³-hybridized carbons (Fsp3) is 0.333. The van der Waals surface area contributed by atoms with Gasteiger partial charge in [-0.25, -0.2) is 4.98 Å². The van der Waals surface area contributed by atoms with Gasteiger partial charge in [-0.1, -0.05) is 29.8 Å². The van der Waals surface area contributed by atoms with Gasteiger partial charge >= 0.3 is 0 Å². The van der Waals surface area contributed by atoms with Crippen LogP contribution in [0, 0.1) is 0 Å². The zero-order chi connectivity index (χ0) is 14.5. The van der Waals surface area contributed by atoms with E-state index in [1.165, 1.54) is 0 Å². The third-order valence-electron chi connectivity index (χ3n) is 2.85. The van der Waals surface area contributed by atoms with Crippen molar-refractivity contribution in [1.82, 2.24) is 4.98 Å². The lowest BCUT2D eigenvalue weighted by molar-refractivity contribution is -0.116. The highest BCUT2D eigenvalue weighted by Crippen LogP contribution is 2.19. The number of carbonyl (C=O) groups excluding carboxylic acids is 1. The van der Waals surface area contributed by atoms with Crippen LogP contribution < -0.4 is 5.32 Å². The molecular weight excluding hydrogens is 336 g/mol. The maximum Gasteiger partial charge on any atom is 0.224 e. The van der Waals surface area contributed by atoms with E-state index in [2.05, 4.69) is 45.5 Å². The van der Waals surface area contributed by atoms with Gasteiger partial charge in [0.25, 0.3) is 0 Å². The molecule has 3 nitrogen and oxygen atoms in total. The Hall–Kier alpha value is -1.20. The summed E-state index contributed by atoms with van der Waals surface area (Å²) in [6.07, 6.45) is 1.15. The number of thiazole rings is 1. The van der Waals surface area contributed by atoms with Gasteiger partial charge in [-0.3, -0.25) is 4.79 Å². The summed E-state index contributed by atoms with van der Waals surface area (Å²) in [6.45, 7) is 4.25. The summed E-state index contributed by atoms with van der Waals surface area (Å²) in [4.78, 5) is 16.4. The van der Waals surface area contributed by atoms with Crippen molar-refractivity contribution in [1.29, 1.82) is 0 Å². The van der Waals surface area contributed by atoms with Gasteiger partial charge < -0.3 is 5.32 Å². The van der Waals surface area contributed by atoms with E-state index in [0.717, 1.165) is 20.9 Å². The van der Waals surface area contributed by atoms with Crippen LogP contribution >= 0.6 is 27.3 Å². The average molecular weight is 353 g/mol. The third-order valence-corrected chi connectivity index (χ3v) is 4.31. The Balaban J connectivity index is 1.84. The minimum Gasteiger partial charge on any atom is -0.326 e. The standard InChI is InChI=1S/C15H17BrN2OS/c1-10(2)13-9-20-15(18-13)8-7-14(19)17-12-5-3-11(16)4-6-12/h3-6,9-10H,7-8H2,1-2H3,(H,17,19). The van der Waals surface area contributed by atoms with Gasteiger partial charge in [0.05, 0.1) is 10.7 Å². The summed E-state index contributed by atoms with van der Waals surface area (Å²) >= 11 is 5.00. The van der Waals surface area contributed by atoms with Crippen molar-refractivity contribution in [2.24, 2.45) is 0 Å². The fourth-order valence-electron chi connectivity index (χ4n) is 1.68. The second kappa shape index (κ2) is 6.99. The summed E-state index contributed by atoms with van der Waals surface area (Å²) in [5.74, 6) is 0.463. The van der Waals surface area contributed by atoms with E-state index in [1.807, 2.05) is 24.3 Å². The second-order valence-electron chi connectivity index (χ2n) is 4.88. The van der Waals surface area contributed by atoms with Crippen molar-refractivity contribution in [3.8, 4) is 0 Å². The van der Waals surface area contributed by atoms with E-state index in [-0.39, 0.29) is 5.91 Å². The van der Waals surface area contributed by atoms with Crippen molar-refractivity contribution in [3.63, 3.8) is 0 Å². The average Bonchev–Trinajstić information content (AvgIpc) is 2.88. The summed E-state index contributed by atoms with van der Waals surface area (Å²) in [6, 6.07) is 7.57.